The number of methoxy groups -OCH3 is 1. The zero-order valence-corrected chi connectivity index (χ0v) is 8.84. The molecule has 0 fully saturated rings. The summed E-state index contributed by atoms with van der Waals surface area (Å²) in [6.07, 6.45) is -5.42. The van der Waals surface area contributed by atoms with E-state index in [9.17, 15) is 13.2 Å². The molecule has 16 heavy (non-hydrogen) atoms. The zero-order valence-electron chi connectivity index (χ0n) is 8.84. The Morgan fingerprint density at radius 2 is 1.94 bits per heavy atom. The average Bonchev–Trinajstić information content (AvgIpc) is 2.53. The number of fused-ring (bicyclic) bond motifs is 1. The fourth-order valence-corrected chi connectivity index (χ4v) is 1.87. The van der Waals surface area contributed by atoms with Gasteiger partial charge in [-0.2, -0.15) is 13.2 Å². The molecule has 0 radical (unpaired) electrons. The highest BCUT2D eigenvalue weighted by atomic mass is 19.4. The van der Waals surface area contributed by atoms with Gasteiger partial charge in [0.15, 0.2) is 11.9 Å². The Kier molecular flexibility index (Phi) is 2.47. The molecule has 2 rings (SSSR count). The highest BCUT2D eigenvalue weighted by Crippen LogP contribution is 2.51. The van der Waals surface area contributed by atoms with E-state index < -0.39 is 18.1 Å². The SMILES string of the molecule is COC1OC(C)(C(F)(F)F)c2ccccc21. The summed E-state index contributed by atoms with van der Waals surface area (Å²) in [5.41, 5.74) is -1.73. The van der Waals surface area contributed by atoms with Crippen molar-refractivity contribution in [2.24, 2.45) is 0 Å². The maximum absolute atomic E-state index is 13.0. The van der Waals surface area contributed by atoms with Gasteiger partial charge in [-0.25, -0.2) is 0 Å². The van der Waals surface area contributed by atoms with Gasteiger partial charge >= 0.3 is 6.18 Å². The van der Waals surface area contributed by atoms with E-state index in [2.05, 4.69) is 0 Å². The number of hydrogen-bond donors (Lipinski definition) is 0. The van der Waals surface area contributed by atoms with Crippen LogP contribution in [0.3, 0.4) is 0 Å². The predicted octanol–water partition coefficient (Wildman–Crippen LogP) is 3.14. The van der Waals surface area contributed by atoms with Gasteiger partial charge in [0.2, 0.25) is 0 Å². The van der Waals surface area contributed by atoms with Gasteiger partial charge in [-0.1, -0.05) is 24.3 Å². The second-order valence-electron chi connectivity index (χ2n) is 3.80. The van der Waals surface area contributed by atoms with Crippen molar-refractivity contribution >= 4 is 0 Å². The number of halogens is 3. The molecule has 0 saturated heterocycles. The number of rotatable bonds is 1. The molecule has 2 unspecified atom stereocenters. The van der Waals surface area contributed by atoms with Gasteiger partial charge in [-0.05, 0) is 6.92 Å². The lowest BCUT2D eigenvalue weighted by molar-refractivity contribution is -0.310. The fraction of sp³-hybridized carbons (Fsp3) is 0.455. The van der Waals surface area contributed by atoms with Gasteiger partial charge in [-0.15, -0.1) is 0 Å². The Bertz CT molecular complexity index is 402. The Morgan fingerprint density at radius 1 is 1.31 bits per heavy atom. The number of hydrogen-bond acceptors (Lipinski definition) is 2. The van der Waals surface area contributed by atoms with Crippen LogP contribution in [0, 0.1) is 0 Å². The lowest BCUT2D eigenvalue weighted by atomic mass is 9.93. The number of ether oxygens (including phenoxy) is 2. The van der Waals surface area contributed by atoms with Crippen LogP contribution in [0.2, 0.25) is 0 Å². The summed E-state index contributed by atoms with van der Waals surface area (Å²) >= 11 is 0. The van der Waals surface area contributed by atoms with Crippen LogP contribution in [0.4, 0.5) is 13.2 Å². The minimum atomic E-state index is -4.46. The Morgan fingerprint density at radius 3 is 2.50 bits per heavy atom. The minimum absolute atomic E-state index is 0.120. The molecule has 0 spiro atoms. The van der Waals surface area contributed by atoms with Crippen molar-refractivity contribution < 1.29 is 22.6 Å². The molecule has 0 aliphatic carbocycles. The van der Waals surface area contributed by atoms with Crippen molar-refractivity contribution in [1.29, 1.82) is 0 Å². The van der Waals surface area contributed by atoms with Crippen molar-refractivity contribution in [1.82, 2.24) is 0 Å². The van der Waals surface area contributed by atoms with Gasteiger partial charge in [0.05, 0.1) is 0 Å². The summed E-state index contributed by atoms with van der Waals surface area (Å²) in [5, 5.41) is 0. The largest absolute Gasteiger partial charge is 0.421 e. The summed E-state index contributed by atoms with van der Waals surface area (Å²) in [6, 6.07) is 6.23. The van der Waals surface area contributed by atoms with E-state index in [0.29, 0.717) is 5.56 Å². The van der Waals surface area contributed by atoms with Crippen LogP contribution >= 0.6 is 0 Å². The number of benzene rings is 1. The van der Waals surface area contributed by atoms with Gasteiger partial charge in [0.25, 0.3) is 0 Å². The topological polar surface area (TPSA) is 18.5 Å². The third-order valence-electron chi connectivity index (χ3n) is 2.83. The smallest absolute Gasteiger partial charge is 0.352 e. The summed E-state index contributed by atoms with van der Waals surface area (Å²) in [4.78, 5) is 0. The lowest BCUT2D eigenvalue weighted by Gasteiger charge is -2.28. The first-order chi connectivity index (χ1) is 7.40. The number of alkyl halides is 3. The molecule has 0 bridgehead atoms. The molecule has 0 amide bonds. The van der Waals surface area contributed by atoms with Gasteiger partial charge in [0, 0.05) is 18.2 Å². The standard InChI is InChI=1S/C11H11F3O2/c1-10(11(12,13)14)8-6-4-3-5-7(8)9(15-2)16-10/h3-6,9H,1-2H3. The third-order valence-corrected chi connectivity index (χ3v) is 2.83. The van der Waals surface area contributed by atoms with E-state index in [0.717, 1.165) is 6.92 Å². The lowest BCUT2D eigenvalue weighted by Crippen LogP contribution is -2.39. The van der Waals surface area contributed by atoms with Crippen molar-refractivity contribution in [2.75, 3.05) is 7.11 Å². The van der Waals surface area contributed by atoms with E-state index in [-0.39, 0.29) is 5.56 Å². The average molecular weight is 232 g/mol. The van der Waals surface area contributed by atoms with E-state index in [1.165, 1.54) is 13.2 Å². The van der Waals surface area contributed by atoms with E-state index in [4.69, 9.17) is 9.47 Å². The first-order valence-electron chi connectivity index (χ1n) is 4.77. The van der Waals surface area contributed by atoms with E-state index in [1.807, 2.05) is 0 Å². The van der Waals surface area contributed by atoms with Crippen molar-refractivity contribution in [3.05, 3.63) is 35.4 Å². The molecule has 1 aliphatic heterocycles. The van der Waals surface area contributed by atoms with E-state index in [1.54, 1.807) is 18.2 Å². The maximum atomic E-state index is 13.0. The van der Waals surface area contributed by atoms with Gasteiger partial charge < -0.3 is 9.47 Å². The molecule has 5 heteroatoms. The Balaban J connectivity index is 2.55. The molecule has 0 N–H and O–H groups in total. The third kappa shape index (κ3) is 1.43. The first kappa shape index (κ1) is 11.4. The molecule has 1 aromatic carbocycles. The minimum Gasteiger partial charge on any atom is -0.352 e. The highest BCUT2D eigenvalue weighted by molar-refractivity contribution is 5.37. The second-order valence-corrected chi connectivity index (χ2v) is 3.80. The monoisotopic (exact) mass is 232 g/mol. The van der Waals surface area contributed by atoms with Crippen LogP contribution in [0.15, 0.2) is 24.3 Å². The molecule has 2 atom stereocenters. The molecule has 1 aromatic rings. The predicted molar refractivity (Wildman–Crippen MR) is 50.7 cm³/mol. The molecular weight excluding hydrogens is 221 g/mol. The van der Waals surface area contributed by atoms with Crippen LogP contribution in [0.25, 0.3) is 0 Å². The quantitative estimate of drug-likeness (QED) is 0.740. The maximum Gasteiger partial charge on any atom is 0.421 e. The van der Waals surface area contributed by atoms with Crippen LogP contribution in [-0.4, -0.2) is 13.3 Å². The van der Waals surface area contributed by atoms with Crippen LogP contribution in [0.5, 0.6) is 0 Å². The first-order valence-corrected chi connectivity index (χ1v) is 4.77. The Labute approximate surface area is 91.0 Å². The van der Waals surface area contributed by atoms with Gasteiger partial charge in [0.1, 0.15) is 0 Å². The van der Waals surface area contributed by atoms with Crippen LogP contribution in [-0.2, 0) is 15.1 Å². The fourth-order valence-electron chi connectivity index (χ4n) is 1.87. The molecule has 1 heterocycles. The summed E-state index contributed by atoms with van der Waals surface area (Å²) in [6.45, 7) is 1.02. The van der Waals surface area contributed by atoms with Crippen molar-refractivity contribution in [2.45, 2.75) is 25.0 Å². The highest BCUT2D eigenvalue weighted by Gasteiger charge is 2.59. The summed E-state index contributed by atoms with van der Waals surface area (Å²) in [5.74, 6) is 0. The molecule has 88 valence electrons. The Hall–Kier alpha value is -1.07. The molecule has 0 saturated carbocycles. The van der Waals surface area contributed by atoms with Crippen LogP contribution in [0.1, 0.15) is 24.3 Å². The van der Waals surface area contributed by atoms with E-state index >= 15 is 0 Å². The second kappa shape index (κ2) is 3.46. The molecule has 0 aromatic heterocycles. The normalized spacial score (nSPS) is 29.2. The molecule has 1 aliphatic rings. The molecule has 2 nitrogen and oxygen atoms in total. The van der Waals surface area contributed by atoms with Gasteiger partial charge in [-0.3, -0.25) is 0 Å². The van der Waals surface area contributed by atoms with Crippen LogP contribution < -0.4 is 0 Å². The summed E-state index contributed by atoms with van der Waals surface area (Å²) < 4.78 is 48.8. The van der Waals surface area contributed by atoms with Crippen molar-refractivity contribution in [3.8, 4) is 0 Å². The molecular formula is C11H11F3O2. The van der Waals surface area contributed by atoms with Crippen molar-refractivity contribution in [3.63, 3.8) is 0 Å². The summed E-state index contributed by atoms with van der Waals surface area (Å²) in [7, 11) is 1.32. The zero-order chi connectivity index (χ0) is 12.0.